The normalized spacial score (nSPS) is 15.7. The van der Waals surface area contributed by atoms with Crippen LogP contribution >= 0.6 is 0 Å². The molecule has 0 spiro atoms. The van der Waals surface area contributed by atoms with Crippen molar-refractivity contribution in [3.8, 4) is 5.75 Å². The fourth-order valence-corrected chi connectivity index (χ4v) is 2.70. The molecule has 4 amide bonds. The molecule has 0 radical (unpaired) electrons. The molecule has 0 aliphatic carbocycles. The van der Waals surface area contributed by atoms with Gasteiger partial charge in [0.2, 0.25) is 0 Å². The van der Waals surface area contributed by atoms with Crippen LogP contribution in [0.3, 0.4) is 0 Å². The topological polar surface area (TPSA) is 119 Å². The summed E-state index contributed by atoms with van der Waals surface area (Å²) < 4.78 is 5.09. The van der Waals surface area contributed by atoms with Gasteiger partial charge in [-0.25, -0.2) is 9.69 Å². The van der Waals surface area contributed by atoms with Crippen LogP contribution in [0.4, 0.5) is 16.2 Å². The number of imide groups is 2. The molecule has 3 rings (SSSR count). The Bertz CT molecular complexity index is 1070. The number of para-hydroxylation sites is 1. The first-order chi connectivity index (χ1) is 13.9. The van der Waals surface area contributed by atoms with Crippen molar-refractivity contribution in [3.63, 3.8) is 0 Å². The summed E-state index contributed by atoms with van der Waals surface area (Å²) in [6.45, 7) is 0. The molecule has 29 heavy (non-hydrogen) atoms. The zero-order valence-corrected chi connectivity index (χ0v) is 15.2. The van der Waals surface area contributed by atoms with Gasteiger partial charge in [-0.05, 0) is 30.4 Å². The van der Waals surface area contributed by atoms with Crippen LogP contribution in [0.2, 0.25) is 0 Å². The third kappa shape index (κ3) is 4.03. The molecule has 1 heterocycles. The average molecular weight is 393 g/mol. The van der Waals surface area contributed by atoms with Crippen LogP contribution in [0.25, 0.3) is 6.08 Å². The second kappa shape index (κ2) is 8.17. The van der Waals surface area contributed by atoms with Crippen molar-refractivity contribution in [1.82, 2.24) is 5.32 Å². The van der Waals surface area contributed by atoms with Crippen molar-refractivity contribution in [2.75, 3.05) is 12.0 Å². The molecule has 1 fully saturated rings. The highest BCUT2D eigenvalue weighted by Gasteiger charge is 2.36. The second-order valence-electron chi connectivity index (χ2n) is 5.86. The van der Waals surface area contributed by atoms with Crippen LogP contribution in [-0.4, -0.2) is 29.9 Å². The minimum Gasteiger partial charge on any atom is -0.497 e. The molecule has 2 aromatic carbocycles. The van der Waals surface area contributed by atoms with Gasteiger partial charge in [0.05, 0.1) is 23.3 Å². The van der Waals surface area contributed by atoms with Crippen LogP contribution in [-0.2, 0) is 9.59 Å². The lowest BCUT2D eigenvalue weighted by molar-refractivity contribution is -0.385. The predicted molar refractivity (Wildman–Crippen MR) is 104 cm³/mol. The number of carbonyl (C=O) groups is 3. The van der Waals surface area contributed by atoms with Gasteiger partial charge in [-0.3, -0.25) is 25.0 Å². The first-order valence-electron chi connectivity index (χ1n) is 8.38. The molecule has 0 atom stereocenters. The summed E-state index contributed by atoms with van der Waals surface area (Å²) in [6, 6.07) is 11.4. The van der Waals surface area contributed by atoms with E-state index in [0.29, 0.717) is 11.3 Å². The summed E-state index contributed by atoms with van der Waals surface area (Å²) in [6.07, 6.45) is 3.95. The van der Waals surface area contributed by atoms with E-state index in [1.54, 1.807) is 18.2 Å². The minimum atomic E-state index is -0.881. The van der Waals surface area contributed by atoms with Crippen molar-refractivity contribution in [2.45, 2.75) is 0 Å². The van der Waals surface area contributed by atoms with Crippen LogP contribution < -0.4 is 15.0 Å². The molecule has 1 aliphatic rings. The number of benzene rings is 2. The van der Waals surface area contributed by atoms with Gasteiger partial charge >= 0.3 is 6.03 Å². The second-order valence-corrected chi connectivity index (χ2v) is 5.86. The average Bonchev–Trinajstić information content (AvgIpc) is 2.70. The minimum absolute atomic E-state index is 0.116. The van der Waals surface area contributed by atoms with Gasteiger partial charge in [0, 0.05) is 12.1 Å². The zero-order valence-electron chi connectivity index (χ0n) is 15.2. The number of ether oxygens (including phenoxy) is 1. The van der Waals surface area contributed by atoms with Gasteiger partial charge in [-0.2, -0.15) is 0 Å². The number of barbiturate groups is 1. The Balaban J connectivity index is 1.92. The number of methoxy groups -OCH3 is 1. The SMILES string of the molecule is COc1cccc(N2C(=O)NC(=O)C(=CC=Cc3ccccc3[N+](=O)[O-])C2=O)c1. The van der Waals surface area contributed by atoms with E-state index in [9.17, 15) is 24.5 Å². The summed E-state index contributed by atoms with van der Waals surface area (Å²) in [4.78, 5) is 48.4. The van der Waals surface area contributed by atoms with Crippen LogP contribution in [0, 0.1) is 10.1 Å². The van der Waals surface area contributed by atoms with E-state index in [4.69, 9.17) is 4.74 Å². The Kier molecular flexibility index (Phi) is 5.49. The standard InChI is InChI=1S/C20H15N3O6/c1-29-15-9-5-8-14(12-15)22-19(25)16(18(24)21-20(22)26)10-4-7-13-6-2-3-11-17(13)23(27)28/h2-12H,1H3,(H,21,24,26). The Labute approximate surface area is 165 Å². The number of anilines is 1. The number of carbonyl (C=O) groups excluding carboxylic acids is 3. The number of allylic oxidation sites excluding steroid dienone is 2. The van der Waals surface area contributed by atoms with E-state index in [0.717, 1.165) is 4.90 Å². The highest BCUT2D eigenvalue weighted by molar-refractivity contribution is 6.37. The van der Waals surface area contributed by atoms with Crippen molar-refractivity contribution >= 4 is 35.3 Å². The van der Waals surface area contributed by atoms with E-state index < -0.39 is 22.8 Å². The van der Waals surface area contributed by atoms with Crippen molar-refractivity contribution < 1.29 is 24.0 Å². The lowest BCUT2D eigenvalue weighted by Gasteiger charge is -2.26. The number of nitro benzene ring substituents is 1. The summed E-state index contributed by atoms with van der Waals surface area (Å²) in [5, 5.41) is 13.2. The molecular formula is C20H15N3O6. The van der Waals surface area contributed by atoms with Crippen LogP contribution in [0.5, 0.6) is 5.75 Å². The fraction of sp³-hybridized carbons (Fsp3) is 0.0500. The van der Waals surface area contributed by atoms with Crippen LogP contribution in [0.15, 0.2) is 66.3 Å². The summed E-state index contributed by atoms with van der Waals surface area (Å²) in [5.74, 6) is -1.24. The third-order valence-corrected chi connectivity index (χ3v) is 4.09. The lowest BCUT2D eigenvalue weighted by Crippen LogP contribution is -2.54. The van der Waals surface area contributed by atoms with E-state index >= 15 is 0 Å². The monoisotopic (exact) mass is 393 g/mol. The highest BCUT2D eigenvalue weighted by atomic mass is 16.6. The maximum atomic E-state index is 12.8. The van der Waals surface area contributed by atoms with Gasteiger partial charge in [-0.15, -0.1) is 0 Å². The molecule has 146 valence electrons. The predicted octanol–water partition coefficient (Wildman–Crippen LogP) is 2.83. The Morgan fingerprint density at radius 2 is 1.86 bits per heavy atom. The van der Waals surface area contributed by atoms with Crippen molar-refractivity contribution in [1.29, 1.82) is 0 Å². The number of hydrogen-bond donors (Lipinski definition) is 1. The maximum absolute atomic E-state index is 12.8. The molecule has 1 N–H and O–H groups in total. The first kappa shape index (κ1) is 19.5. The Morgan fingerprint density at radius 1 is 1.10 bits per heavy atom. The van der Waals surface area contributed by atoms with Gasteiger partial charge in [0.25, 0.3) is 17.5 Å². The van der Waals surface area contributed by atoms with E-state index in [1.165, 1.54) is 55.7 Å². The Hall–Kier alpha value is -4.27. The molecule has 0 saturated carbocycles. The number of nitro groups is 1. The largest absolute Gasteiger partial charge is 0.497 e. The van der Waals surface area contributed by atoms with Crippen molar-refractivity contribution in [2.24, 2.45) is 0 Å². The number of hydrogen-bond acceptors (Lipinski definition) is 6. The smallest absolute Gasteiger partial charge is 0.335 e. The number of rotatable bonds is 5. The van der Waals surface area contributed by atoms with Gasteiger partial charge in [-0.1, -0.05) is 24.3 Å². The maximum Gasteiger partial charge on any atom is 0.335 e. The van der Waals surface area contributed by atoms with Crippen LogP contribution in [0.1, 0.15) is 5.56 Å². The number of nitrogens with zero attached hydrogens (tertiary/aromatic N) is 2. The molecule has 1 saturated heterocycles. The van der Waals surface area contributed by atoms with Gasteiger partial charge in [0.1, 0.15) is 11.3 Å². The molecule has 9 heteroatoms. The van der Waals surface area contributed by atoms with Gasteiger partial charge < -0.3 is 4.74 Å². The van der Waals surface area contributed by atoms with E-state index in [-0.39, 0.29) is 16.9 Å². The van der Waals surface area contributed by atoms with E-state index in [2.05, 4.69) is 5.32 Å². The summed E-state index contributed by atoms with van der Waals surface area (Å²) in [5.41, 5.74) is 0.128. The molecule has 9 nitrogen and oxygen atoms in total. The first-order valence-corrected chi connectivity index (χ1v) is 8.38. The number of amides is 4. The fourth-order valence-electron chi connectivity index (χ4n) is 2.70. The summed E-state index contributed by atoms with van der Waals surface area (Å²) >= 11 is 0. The Morgan fingerprint density at radius 3 is 2.59 bits per heavy atom. The zero-order chi connectivity index (χ0) is 21.0. The molecule has 0 unspecified atom stereocenters. The number of urea groups is 1. The van der Waals surface area contributed by atoms with E-state index in [1.807, 2.05) is 0 Å². The molecule has 1 aliphatic heterocycles. The molecular weight excluding hydrogens is 378 g/mol. The molecule has 2 aromatic rings. The molecule has 0 aromatic heterocycles. The molecule has 0 bridgehead atoms. The lowest BCUT2D eigenvalue weighted by atomic mass is 10.1. The highest BCUT2D eigenvalue weighted by Crippen LogP contribution is 2.25. The van der Waals surface area contributed by atoms with Crippen molar-refractivity contribution in [3.05, 3.63) is 81.9 Å². The quantitative estimate of drug-likeness (QED) is 0.361. The van der Waals surface area contributed by atoms with Gasteiger partial charge in [0.15, 0.2) is 0 Å². The summed E-state index contributed by atoms with van der Waals surface area (Å²) in [7, 11) is 1.44. The third-order valence-electron chi connectivity index (χ3n) is 4.09. The number of nitrogens with one attached hydrogen (secondary N) is 1.